The average Bonchev–Trinajstić information content (AvgIpc) is 3.13. The molecule has 2 atom stereocenters. The number of nitrogens with zero attached hydrogens (tertiary/aromatic N) is 2. The monoisotopic (exact) mass is 386 g/mol. The summed E-state index contributed by atoms with van der Waals surface area (Å²) in [6.07, 6.45) is 0.638. The number of hydrogen-bond acceptors (Lipinski definition) is 6. The topological polar surface area (TPSA) is 103 Å². The molecule has 3 N–H and O–H groups in total. The van der Waals surface area contributed by atoms with Crippen LogP contribution in [0.2, 0.25) is 0 Å². The molecule has 0 amide bonds. The van der Waals surface area contributed by atoms with Crippen LogP contribution >= 0.6 is 0 Å². The second-order valence-corrected chi connectivity index (χ2v) is 8.51. The summed E-state index contributed by atoms with van der Waals surface area (Å²) in [6.45, 7) is 6.41. The highest BCUT2D eigenvalue weighted by Gasteiger charge is 2.38. The minimum atomic E-state index is -1.46. The number of fused-ring (bicyclic) bond motifs is 1. The molecule has 8 heteroatoms. The summed E-state index contributed by atoms with van der Waals surface area (Å²) in [6, 6.07) is 9.17. The Morgan fingerprint density at radius 3 is 2.70 bits per heavy atom. The van der Waals surface area contributed by atoms with Crippen molar-refractivity contribution in [1.82, 2.24) is 15.0 Å². The van der Waals surface area contributed by atoms with Gasteiger partial charge in [-0.2, -0.15) is 4.98 Å². The van der Waals surface area contributed by atoms with Crippen molar-refractivity contribution in [2.24, 2.45) is 0 Å². The number of H-pyrrole nitrogens is 1. The van der Waals surface area contributed by atoms with E-state index in [1.807, 2.05) is 32.0 Å². The zero-order valence-electron chi connectivity index (χ0n) is 15.5. The molecule has 0 saturated carbocycles. The Morgan fingerprint density at radius 2 is 2.04 bits per heavy atom. The van der Waals surface area contributed by atoms with E-state index in [2.05, 4.69) is 15.0 Å². The summed E-state index contributed by atoms with van der Waals surface area (Å²) < 4.78 is 25.0. The normalized spacial score (nSPS) is 20.0. The maximum Gasteiger partial charge on any atom is 0.242 e. The summed E-state index contributed by atoms with van der Waals surface area (Å²) in [5.74, 6) is 1.24. The molecule has 2 aromatic heterocycles. The highest BCUT2D eigenvalue weighted by molar-refractivity contribution is 7.85. The molecule has 1 aliphatic heterocycles. The quantitative estimate of drug-likeness (QED) is 0.714. The number of nitrogens with one attached hydrogen (secondary N) is 1. The van der Waals surface area contributed by atoms with E-state index in [1.54, 1.807) is 19.1 Å². The van der Waals surface area contributed by atoms with Gasteiger partial charge in [-0.3, -0.25) is 0 Å². The Hall–Kier alpha value is -2.45. The molecule has 1 aliphatic rings. The summed E-state index contributed by atoms with van der Waals surface area (Å²) in [7, 11) is -1.46. The van der Waals surface area contributed by atoms with Crippen LogP contribution in [0.5, 0.6) is 5.88 Å². The largest absolute Gasteiger partial charge is 0.470 e. The van der Waals surface area contributed by atoms with Crippen LogP contribution in [0.15, 0.2) is 40.1 Å². The van der Waals surface area contributed by atoms with E-state index in [-0.39, 0.29) is 6.10 Å². The maximum absolute atomic E-state index is 13.1. The van der Waals surface area contributed by atoms with E-state index in [0.717, 1.165) is 6.42 Å². The van der Waals surface area contributed by atoms with Gasteiger partial charge in [0.2, 0.25) is 5.88 Å². The lowest BCUT2D eigenvalue weighted by Crippen LogP contribution is -2.36. The summed E-state index contributed by atoms with van der Waals surface area (Å²) in [5, 5.41) is 0. The number of aryl methyl sites for hydroxylation is 1. The third kappa shape index (κ3) is 3.19. The van der Waals surface area contributed by atoms with Crippen molar-refractivity contribution in [3.05, 3.63) is 36.2 Å². The van der Waals surface area contributed by atoms with Gasteiger partial charge in [0.05, 0.1) is 23.0 Å². The average molecular weight is 386 g/mol. The van der Waals surface area contributed by atoms with Gasteiger partial charge in [-0.25, -0.2) is 9.19 Å². The molecule has 1 saturated heterocycles. The van der Waals surface area contributed by atoms with Crippen LogP contribution in [0, 0.1) is 6.92 Å². The minimum absolute atomic E-state index is 0.136. The molecule has 0 radical (unpaired) electrons. The van der Waals surface area contributed by atoms with Gasteiger partial charge in [0.1, 0.15) is 33.7 Å². The van der Waals surface area contributed by atoms with Gasteiger partial charge in [0, 0.05) is 11.3 Å². The molecule has 3 heterocycles. The van der Waals surface area contributed by atoms with E-state index < -0.39 is 16.4 Å². The second-order valence-electron chi connectivity index (χ2n) is 7.10. The van der Waals surface area contributed by atoms with E-state index in [4.69, 9.17) is 15.2 Å². The number of aromatic amines is 1. The lowest BCUT2D eigenvalue weighted by Gasteiger charge is -2.26. The van der Waals surface area contributed by atoms with Gasteiger partial charge in [-0.1, -0.05) is 18.2 Å². The Bertz CT molecular complexity index is 1020. The van der Waals surface area contributed by atoms with Crippen molar-refractivity contribution in [2.45, 2.75) is 48.7 Å². The number of rotatable bonds is 4. The molecule has 0 bridgehead atoms. The molecule has 7 nitrogen and oxygen atoms in total. The lowest BCUT2D eigenvalue weighted by atomic mass is 10.0. The molecule has 142 valence electrons. The highest BCUT2D eigenvalue weighted by atomic mass is 32.2. The van der Waals surface area contributed by atoms with Gasteiger partial charge >= 0.3 is 0 Å². The highest BCUT2D eigenvalue weighted by Crippen LogP contribution is 2.36. The minimum Gasteiger partial charge on any atom is -0.470 e. The fourth-order valence-electron chi connectivity index (χ4n) is 3.28. The Balaban J connectivity index is 1.81. The van der Waals surface area contributed by atoms with Crippen LogP contribution in [0.1, 0.15) is 26.1 Å². The number of hydrogen-bond donors (Lipinski definition) is 2. The predicted molar refractivity (Wildman–Crippen MR) is 103 cm³/mol. The van der Waals surface area contributed by atoms with Crippen molar-refractivity contribution >= 4 is 27.7 Å². The van der Waals surface area contributed by atoms with Crippen molar-refractivity contribution in [2.75, 3.05) is 12.3 Å². The SMILES string of the molecule is Cc1nc(OC2CCOC2(C)C)c2[nH]c(N)c(S(=O)c3ccccc3)c2n1. The first kappa shape index (κ1) is 17.9. The predicted octanol–water partition coefficient (Wildman–Crippen LogP) is 2.96. The van der Waals surface area contributed by atoms with E-state index in [1.165, 1.54) is 0 Å². The van der Waals surface area contributed by atoms with Crippen LogP contribution in [0.3, 0.4) is 0 Å². The van der Waals surface area contributed by atoms with Crippen molar-refractivity contribution in [3.63, 3.8) is 0 Å². The number of aromatic nitrogens is 3. The summed E-state index contributed by atoms with van der Waals surface area (Å²) in [4.78, 5) is 13.1. The molecule has 3 aromatic rings. The van der Waals surface area contributed by atoms with Crippen LogP contribution < -0.4 is 10.5 Å². The molecule has 2 unspecified atom stereocenters. The van der Waals surface area contributed by atoms with Crippen molar-refractivity contribution < 1.29 is 13.7 Å². The van der Waals surface area contributed by atoms with E-state index >= 15 is 0 Å². The zero-order chi connectivity index (χ0) is 19.2. The smallest absolute Gasteiger partial charge is 0.242 e. The lowest BCUT2D eigenvalue weighted by molar-refractivity contribution is -0.0199. The summed E-state index contributed by atoms with van der Waals surface area (Å²) in [5.41, 5.74) is 6.85. The first-order chi connectivity index (χ1) is 12.9. The molecule has 0 spiro atoms. The standard InChI is InChI=1S/C19H22N4O3S/c1-11-21-14-15(18(22-11)26-13-9-10-25-19(13,2)3)23-17(20)16(14)27(24)12-7-5-4-6-8-12/h4-8,13,23H,9-10,20H2,1-3H3. The van der Waals surface area contributed by atoms with Crippen LogP contribution in [-0.4, -0.2) is 37.5 Å². The number of nitrogens with two attached hydrogens (primary N) is 1. The Kier molecular flexibility index (Phi) is 4.39. The number of benzene rings is 1. The number of nitrogen functional groups attached to an aromatic ring is 1. The van der Waals surface area contributed by atoms with E-state index in [9.17, 15) is 4.21 Å². The van der Waals surface area contributed by atoms with E-state index in [0.29, 0.717) is 45.0 Å². The second kappa shape index (κ2) is 6.61. The molecule has 4 rings (SSSR count). The molecular weight excluding hydrogens is 364 g/mol. The molecule has 0 aliphatic carbocycles. The van der Waals surface area contributed by atoms with Gasteiger partial charge in [-0.05, 0) is 32.9 Å². The third-order valence-electron chi connectivity index (χ3n) is 4.73. The first-order valence-corrected chi connectivity index (χ1v) is 9.95. The fraction of sp³-hybridized carbons (Fsp3) is 0.368. The maximum atomic E-state index is 13.1. The van der Waals surface area contributed by atoms with Crippen molar-refractivity contribution in [3.8, 4) is 5.88 Å². The van der Waals surface area contributed by atoms with Crippen LogP contribution in [0.4, 0.5) is 5.82 Å². The van der Waals surface area contributed by atoms with Gasteiger partial charge < -0.3 is 20.2 Å². The zero-order valence-corrected chi connectivity index (χ0v) is 16.3. The molecular formula is C19H22N4O3S. The Labute approximate surface area is 159 Å². The number of ether oxygens (including phenoxy) is 2. The van der Waals surface area contributed by atoms with Crippen LogP contribution in [-0.2, 0) is 15.5 Å². The van der Waals surface area contributed by atoms with Gasteiger partial charge in [0.25, 0.3) is 0 Å². The van der Waals surface area contributed by atoms with Crippen LogP contribution in [0.25, 0.3) is 11.0 Å². The fourth-order valence-corrected chi connectivity index (χ4v) is 4.50. The third-order valence-corrected chi connectivity index (χ3v) is 6.22. The van der Waals surface area contributed by atoms with Crippen molar-refractivity contribution in [1.29, 1.82) is 0 Å². The molecule has 1 aromatic carbocycles. The first-order valence-electron chi connectivity index (χ1n) is 8.80. The number of anilines is 1. The summed E-state index contributed by atoms with van der Waals surface area (Å²) >= 11 is 0. The molecule has 27 heavy (non-hydrogen) atoms. The molecule has 1 fully saturated rings. The van der Waals surface area contributed by atoms with Gasteiger partial charge in [0.15, 0.2) is 0 Å². The van der Waals surface area contributed by atoms with Gasteiger partial charge in [-0.15, -0.1) is 0 Å². The Morgan fingerprint density at radius 1 is 1.30 bits per heavy atom.